The SMILES string of the molecule is C=C(C)C(=O)OCc1ccc(OC2(F)C(F)(F)C(F)(F)C2(F)Oc2ccc(C)cc2)cc1. The minimum absolute atomic E-state index is 0.144. The van der Waals surface area contributed by atoms with E-state index in [-0.39, 0.29) is 12.2 Å². The molecule has 1 aliphatic rings. The van der Waals surface area contributed by atoms with Crippen molar-refractivity contribution in [2.75, 3.05) is 0 Å². The molecule has 10 heteroatoms. The first-order valence-electron chi connectivity index (χ1n) is 9.25. The lowest BCUT2D eigenvalue weighted by atomic mass is 9.76. The molecule has 0 heterocycles. The number of hydrogen-bond donors (Lipinski definition) is 0. The van der Waals surface area contributed by atoms with Crippen LogP contribution in [0.4, 0.5) is 26.3 Å². The van der Waals surface area contributed by atoms with Crippen LogP contribution in [0.2, 0.25) is 0 Å². The van der Waals surface area contributed by atoms with Gasteiger partial charge in [0.1, 0.15) is 18.1 Å². The summed E-state index contributed by atoms with van der Waals surface area (Å²) in [5.74, 6) is -22.6. The number of rotatable bonds is 7. The molecule has 2 unspecified atom stereocenters. The largest absolute Gasteiger partial charge is 0.457 e. The minimum Gasteiger partial charge on any atom is -0.457 e. The van der Waals surface area contributed by atoms with Gasteiger partial charge in [0.25, 0.3) is 0 Å². The third-order valence-electron chi connectivity index (χ3n) is 4.80. The van der Waals surface area contributed by atoms with Crippen LogP contribution >= 0.6 is 0 Å². The summed E-state index contributed by atoms with van der Waals surface area (Å²) < 4.78 is 99.9. The summed E-state index contributed by atoms with van der Waals surface area (Å²) in [6.07, 6.45) is 0. The molecule has 2 aromatic rings. The number of carbonyl (C=O) groups is 1. The average molecular weight is 460 g/mol. The van der Waals surface area contributed by atoms with E-state index < -0.39 is 41.0 Å². The van der Waals surface area contributed by atoms with Gasteiger partial charge in [-0.05, 0) is 43.7 Å². The third-order valence-corrected chi connectivity index (χ3v) is 4.80. The van der Waals surface area contributed by atoms with Crippen molar-refractivity contribution < 1.29 is 45.3 Å². The average Bonchev–Trinajstić information content (AvgIpc) is 2.73. The summed E-state index contributed by atoms with van der Waals surface area (Å²) in [7, 11) is 0. The van der Waals surface area contributed by atoms with E-state index in [2.05, 4.69) is 16.1 Å². The first kappa shape index (κ1) is 23.5. The second-order valence-electron chi connectivity index (χ2n) is 7.36. The van der Waals surface area contributed by atoms with Gasteiger partial charge in [0.15, 0.2) is 0 Å². The van der Waals surface area contributed by atoms with Gasteiger partial charge in [-0.3, -0.25) is 0 Å². The summed E-state index contributed by atoms with van der Waals surface area (Å²) in [6.45, 7) is 6.22. The first-order chi connectivity index (χ1) is 14.7. The number of halogens is 6. The lowest BCUT2D eigenvalue weighted by Crippen LogP contribution is -2.89. The van der Waals surface area contributed by atoms with Crippen LogP contribution in [0.5, 0.6) is 11.5 Å². The summed E-state index contributed by atoms with van der Waals surface area (Å²) >= 11 is 0. The fourth-order valence-corrected chi connectivity index (χ4v) is 2.86. The second-order valence-corrected chi connectivity index (χ2v) is 7.36. The maximum atomic E-state index is 15.1. The maximum Gasteiger partial charge on any atom is 0.395 e. The predicted octanol–water partition coefficient (Wildman–Crippen LogP) is 5.69. The molecule has 3 rings (SSSR count). The molecule has 0 saturated heterocycles. The van der Waals surface area contributed by atoms with Crippen LogP contribution in [-0.4, -0.2) is 29.5 Å². The van der Waals surface area contributed by atoms with Crippen LogP contribution in [0.1, 0.15) is 18.1 Å². The van der Waals surface area contributed by atoms with Gasteiger partial charge in [0, 0.05) is 5.57 Å². The van der Waals surface area contributed by atoms with E-state index in [9.17, 15) is 22.4 Å². The van der Waals surface area contributed by atoms with Crippen LogP contribution in [0.25, 0.3) is 0 Å². The van der Waals surface area contributed by atoms with Crippen LogP contribution < -0.4 is 9.47 Å². The van der Waals surface area contributed by atoms with Crippen molar-refractivity contribution in [3.8, 4) is 11.5 Å². The van der Waals surface area contributed by atoms with Gasteiger partial charge in [-0.15, -0.1) is 0 Å². The Bertz CT molecular complexity index is 1020. The Balaban J connectivity index is 1.83. The Labute approximate surface area is 179 Å². The number of carbonyl (C=O) groups excluding carboxylic acids is 1. The molecular formula is C22H18F6O4. The highest BCUT2D eigenvalue weighted by Crippen LogP contribution is 2.68. The van der Waals surface area contributed by atoms with E-state index in [4.69, 9.17) is 4.74 Å². The number of alkyl halides is 6. The lowest BCUT2D eigenvalue weighted by Gasteiger charge is -2.55. The van der Waals surface area contributed by atoms with E-state index in [0.29, 0.717) is 11.1 Å². The van der Waals surface area contributed by atoms with E-state index in [1.165, 1.54) is 31.2 Å². The first-order valence-corrected chi connectivity index (χ1v) is 9.25. The molecule has 1 saturated carbocycles. The van der Waals surface area contributed by atoms with Crippen molar-refractivity contribution in [1.29, 1.82) is 0 Å². The Kier molecular flexibility index (Phi) is 5.69. The van der Waals surface area contributed by atoms with Crippen molar-refractivity contribution in [3.05, 3.63) is 71.8 Å². The van der Waals surface area contributed by atoms with Crippen LogP contribution in [-0.2, 0) is 16.1 Å². The van der Waals surface area contributed by atoms with Gasteiger partial charge < -0.3 is 14.2 Å². The van der Waals surface area contributed by atoms with E-state index >= 15 is 8.78 Å². The third kappa shape index (κ3) is 3.47. The van der Waals surface area contributed by atoms with Crippen LogP contribution in [0, 0.1) is 6.92 Å². The van der Waals surface area contributed by atoms with E-state index in [0.717, 1.165) is 24.3 Å². The number of aryl methyl sites for hydroxylation is 1. The molecule has 0 N–H and O–H groups in total. The van der Waals surface area contributed by atoms with E-state index in [1.54, 1.807) is 6.92 Å². The van der Waals surface area contributed by atoms with Gasteiger partial charge in [0.2, 0.25) is 0 Å². The standard InChI is InChI=1S/C22H18F6O4/c1-13(2)18(29)30-12-15-6-10-17(11-7-15)32-22(28)20(25,26)19(23,24)21(22,27)31-16-8-4-14(3)5-9-16/h4-11H,1,12H2,2-3H3. The second kappa shape index (κ2) is 7.75. The van der Waals surface area contributed by atoms with Gasteiger partial charge in [-0.1, -0.05) is 36.4 Å². The highest BCUT2D eigenvalue weighted by Gasteiger charge is 3.03. The topological polar surface area (TPSA) is 44.8 Å². The number of esters is 1. The predicted molar refractivity (Wildman–Crippen MR) is 101 cm³/mol. The van der Waals surface area contributed by atoms with Crippen molar-refractivity contribution in [1.82, 2.24) is 0 Å². The summed E-state index contributed by atoms with van der Waals surface area (Å²) in [5, 5.41) is 0. The Morgan fingerprint density at radius 2 is 1.22 bits per heavy atom. The highest BCUT2D eigenvalue weighted by molar-refractivity contribution is 5.86. The molecule has 2 atom stereocenters. The molecule has 1 aliphatic carbocycles. The highest BCUT2D eigenvalue weighted by atomic mass is 19.3. The van der Waals surface area contributed by atoms with Crippen molar-refractivity contribution in [2.45, 2.75) is 44.0 Å². The molecule has 0 bridgehead atoms. The van der Waals surface area contributed by atoms with Crippen LogP contribution in [0.15, 0.2) is 60.7 Å². The molecule has 4 nitrogen and oxygen atoms in total. The van der Waals surface area contributed by atoms with Crippen molar-refractivity contribution >= 4 is 5.97 Å². The van der Waals surface area contributed by atoms with Gasteiger partial charge in [-0.25, -0.2) is 4.79 Å². The van der Waals surface area contributed by atoms with Gasteiger partial charge in [0.05, 0.1) is 0 Å². The monoisotopic (exact) mass is 460 g/mol. The maximum absolute atomic E-state index is 15.1. The Morgan fingerprint density at radius 3 is 1.62 bits per heavy atom. The quantitative estimate of drug-likeness (QED) is 0.303. The molecule has 0 radical (unpaired) electrons. The summed E-state index contributed by atoms with van der Waals surface area (Å²) in [6, 6.07) is 9.01. The number of hydrogen-bond acceptors (Lipinski definition) is 4. The molecular weight excluding hydrogens is 442 g/mol. The molecule has 172 valence electrons. The summed E-state index contributed by atoms with van der Waals surface area (Å²) in [5.41, 5.74) is 1.13. The smallest absolute Gasteiger partial charge is 0.395 e. The Morgan fingerprint density at radius 1 is 0.812 bits per heavy atom. The molecule has 2 aromatic carbocycles. The van der Waals surface area contributed by atoms with Gasteiger partial charge in [-0.2, -0.15) is 26.3 Å². The summed E-state index contributed by atoms with van der Waals surface area (Å²) in [4.78, 5) is 11.4. The number of ether oxygens (including phenoxy) is 3. The normalized spacial score (nSPS) is 25.4. The molecule has 32 heavy (non-hydrogen) atoms. The van der Waals surface area contributed by atoms with Crippen LogP contribution in [0.3, 0.4) is 0 Å². The van der Waals surface area contributed by atoms with Crippen molar-refractivity contribution in [3.63, 3.8) is 0 Å². The zero-order chi connectivity index (χ0) is 23.9. The number of benzene rings is 2. The van der Waals surface area contributed by atoms with Crippen molar-refractivity contribution in [2.24, 2.45) is 0 Å². The molecule has 0 aliphatic heterocycles. The molecule has 0 amide bonds. The Hall–Kier alpha value is -3.17. The molecule has 0 spiro atoms. The minimum atomic E-state index is -5.53. The fraction of sp³-hybridized carbons (Fsp3) is 0.318. The van der Waals surface area contributed by atoms with Gasteiger partial charge >= 0.3 is 29.5 Å². The fourth-order valence-electron chi connectivity index (χ4n) is 2.86. The molecule has 1 fully saturated rings. The lowest BCUT2D eigenvalue weighted by molar-refractivity contribution is -0.527. The molecule has 0 aromatic heterocycles. The van der Waals surface area contributed by atoms with E-state index in [1.807, 2.05) is 0 Å². The zero-order valence-corrected chi connectivity index (χ0v) is 16.9. The zero-order valence-electron chi connectivity index (χ0n) is 16.9.